The molecular weight excluding hydrogens is 284 g/mol. The predicted molar refractivity (Wildman–Crippen MR) is 69.6 cm³/mol. The van der Waals surface area contributed by atoms with Crippen LogP contribution in [0.1, 0.15) is 10.4 Å². The molecular formula is C12H14N2O5S. The van der Waals surface area contributed by atoms with Crippen molar-refractivity contribution in [3.05, 3.63) is 29.8 Å². The van der Waals surface area contributed by atoms with Gasteiger partial charge in [-0.05, 0) is 18.2 Å². The molecule has 1 aliphatic heterocycles. The van der Waals surface area contributed by atoms with Gasteiger partial charge in [0.05, 0.1) is 24.1 Å². The van der Waals surface area contributed by atoms with Crippen molar-refractivity contribution in [2.45, 2.75) is 4.90 Å². The topological polar surface area (TPSA) is 92.8 Å². The number of ether oxygens (including phenoxy) is 1. The Balaban J connectivity index is 2.34. The van der Waals surface area contributed by atoms with Crippen LogP contribution in [0, 0.1) is 0 Å². The molecule has 1 aliphatic rings. The van der Waals surface area contributed by atoms with Crippen molar-refractivity contribution in [2.24, 2.45) is 0 Å². The zero-order valence-corrected chi connectivity index (χ0v) is 11.6. The minimum atomic E-state index is -3.79. The van der Waals surface area contributed by atoms with E-state index in [-0.39, 0.29) is 36.0 Å². The molecule has 0 bridgehead atoms. The van der Waals surface area contributed by atoms with Gasteiger partial charge < -0.3 is 10.1 Å². The van der Waals surface area contributed by atoms with Crippen molar-refractivity contribution in [3.63, 3.8) is 0 Å². The van der Waals surface area contributed by atoms with Crippen molar-refractivity contribution in [1.82, 2.24) is 9.62 Å². The van der Waals surface area contributed by atoms with E-state index in [1.54, 1.807) is 0 Å². The average Bonchev–Trinajstić information content (AvgIpc) is 2.46. The summed E-state index contributed by atoms with van der Waals surface area (Å²) in [4.78, 5) is 22.7. The highest BCUT2D eigenvalue weighted by Gasteiger charge is 2.29. The van der Waals surface area contributed by atoms with Crippen LogP contribution in [-0.2, 0) is 19.6 Å². The fourth-order valence-electron chi connectivity index (χ4n) is 1.87. The molecule has 2 rings (SSSR count). The van der Waals surface area contributed by atoms with Crippen LogP contribution in [0.2, 0.25) is 0 Å². The molecule has 1 saturated heterocycles. The number of esters is 1. The first-order valence-electron chi connectivity index (χ1n) is 5.90. The summed E-state index contributed by atoms with van der Waals surface area (Å²) in [6, 6.07) is 5.55. The highest BCUT2D eigenvalue weighted by Crippen LogP contribution is 2.18. The molecule has 7 nitrogen and oxygen atoms in total. The fourth-order valence-corrected chi connectivity index (χ4v) is 3.31. The first-order chi connectivity index (χ1) is 9.45. The lowest BCUT2D eigenvalue weighted by Gasteiger charge is -2.25. The maximum absolute atomic E-state index is 12.4. The number of nitrogens with zero attached hydrogens (tertiary/aromatic N) is 1. The lowest BCUT2D eigenvalue weighted by Crippen LogP contribution is -2.49. The number of nitrogens with one attached hydrogen (secondary N) is 1. The number of rotatable bonds is 3. The van der Waals surface area contributed by atoms with Crippen LogP contribution < -0.4 is 5.32 Å². The maximum Gasteiger partial charge on any atom is 0.337 e. The molecule has 1 N–H and O–H groups in total. The lowest BCUT2D eigenvalue weighted by atomic mass is 10.2. The third-order valence-corrected chi connectivity index (χ3v) is 4.74. The summed E-state index contributed by atoms with van der Waals surface area (Å²) >= 11 is 0. The molecule has 0 radical (unpaired) electrons. The van der Waals surface area contributed by atoms with Gasteiger partial charge in [0, 0.05) is 13.1 Å². The summed E-state index contributed by atoms with van der Waals surface area (Å²) in [5.74, 6) is -0.956. The van der Waals surface area contributed by atoms with Crippen molar-refractivity contribution >= 4 is 21.9 Å². The molecule has 0 aromatic heterocycles. The van der Waals surface area contributed by atoms with E-state index in [0.717, 1.165) is 4.31 Å². The number of methoxy groups -OCH3 is 1. The van der Waals surface area contributed by atoms with Crippen molar-refractivity contribution in [1.29, 1.82) is 0 Å². The second kappa shape index (κ2) is 5.59. The summed E-state index contributed by atoms with van der Waals surface area (Å²) in [6.45, 7) is 0.260. The average molecular weight is 298 g/mol. The predicted octanol–water partition coefficient (Wildman–Crippen LogP) is -0.406. The summed E-state index contributed by atoms with van der Waals surface area (Å²) in [7, 11) is -2.57. The van der Waals surface area contributed by atoms with Gasteiger partial charge in [0.15, 0.2) is 0 Å². The van der Waals surface area contributed by atoms with Crippen molar-refractivity contribution in [2.75, 3.05) is 26.7 Å². The Morgan fingerprint density at radius 3 is 2.80 bits per heavy atom. The number of hydrogen-bond donors (Lipinski definition) is 1. The maximum atomic E-state index is 12.4. The first-order valence-corrected chi connectivity index (χ1v) is 7.34. The zero-order valence-electron chi connectivity index (χ0n) is 10.8. The van der Waals surface area contributed by atoms with Crippen LogP contribution in [0.25, 0.3) is 0 Å². The Morgan fingerprint density at radius 2 is 2.15 bits per heavy atom. The summed E-state index contributed by atoms with van der Waals surface area (Å²) in [5, 5.41) is 2.56. The van der Waals surface area contributed by atoms with Gasteiger partial charge in [-0.25, -0.2) is 13.2 Å². The third kappa shape index (κ3) is 2.81. The van der Waals surface area contributed by atoms with Crippen molar-refractivity contribution < 1.29 is 22.7 Å². The minimum absolute atomic E-state index is 0.0323. The first kappa shape index (κ1) is 14.5. The number of hydrogen-bond acceptors (Lipinski definition) is 5. The van der Waals surface area contributed by atoms with Gasteiger partial charge in [0.2, 0.25) is 15.9 Å². The van der Waals surface area contributed by atoms with Gasteiger partial charge in [0.25, 0.3) is 0 Å². The minimum Gasteiger partial charge on any atom is -0.465 e. The molecule has 0 saturated carbocycles. The lowest BCUT2D eigenvalue weighted by molar-refractivity contribution is -0.122. The fraction of sp³-hybridized carbons (Fsp3) is 0.333. The number of piperazine rings is 1. The quantitative estimate of drug-likeness (QED) is 0.766. The smallest absolute Gasteiger partial charge is 0.337 e. The van der Waals surface area contributed by atoms with Crippen molar-refractivity contribution in [3.8, 4) is 0 Å². The van der Waals surface area contributed by atoms with Gasteiger partial charge >= 0.3 is 5.97 Å². The molecule has 1 fully saturated rings. The highest BCUT2D eigenvalue weighted by molar-refractivity contribution is 7.89. The van der Waals surface area contributed by atoms with E-state index < -0.39 is 16.0 Å². The second-order valence-corrected chi connectivity index (χ2v) is 6.15. The summed E-state index contributed by atoms with van der Waals surface area (Å²) < 4.78 is 30.4. The molecule has 1 aromatic carbocycles. The van der Waals surface area contributed by atoms with Gasteiger partial charge in [-0.2, -0.15) is 4.31 Å². The molecule has 0 aliphatic carbocycles. The van der Waals surface area contributed by atoms with Crippen LogP contribution >= 0.6 is 0 Å². The number of sulfonamides is 1. The van der Waals surface area contributed by atoms with E-state index in [9.17, 15) is 18.0 Å². The van der Waals surface area contributed by atoms with Crippen LogP contribution in [0.3, 0.4) is 0 Å². The Bertz CT molecular complexity index is 641. The van der Waals surface area contributed by atoms with Crippen LogP contribution in [-0.4, -0.2) is 51.3 Å². The van der Waals surface area contributed by atoms with Crippen LogP contribution in [0.4, 0.5) is 0 Å². The van der Waals surface area contributed by atoms with Gasteiger partial charge in [-0.1, -0.05) is 6.07 Å². The molecule has 1 heterocycles. The molecule has 0 atom stereocenters. The monoisotopic (exact) mass is 298 g/mol. The normalized spacial score (nSPS) is 16.6. The van der Waals surface area contributed by atoms with E-state index >= 15 is 0 Å². The van der Waals surface area contributed by atoms with E-state index in [1.165, 1.54) is 31.4 Å². The second-order valence-electron chi connectivity index (χ2n) is 4.21. The van der Waals surface area contributed by atoms with E-state index in [4.69, 9.17) is 0 Å². The molecule has 1 amide bonds. The summed E-state index contributed by atoms with van der Waals surface area (Å²) in [6.07, 6.45) is 0. The van der Waals surface area contributed by atoms with Crippen LogP contribution in [0.15, 0.2) is 29.2 Å². The molecule has 8 heteroatoms. The number of amides is 1. The SMILES string of the molecule is COC(=O)c1cccc(S(=O)(=O)N2CCNC(=O)C2)c1. The number of benzene rings is 1. The Labute approximate surface area is 116 Å². The summed E-state index contributed by atoms with van der Waals surface area (Å²) in [5.41, 5.74) is 0.148. The van der Waals surface area contributed by atoms with Gasteiger partial charge in [0.1, 0.15) is 0 Å². The molecule has 0 unspecified atom stereocenters. The zero-order chi connectivity index (χ0) is 14.8. The third-order valence-electron chi connectivity index (χ3n) is 2.90. The van der Waals surface area contributed by atoms with E-state index in [0.29, 0.717) is 0 Å². The number of carbonyl (C=O) groups is 2. The Hall–Kier alpha value is -1.93. The Kier molecular flexibility index (Phi) is 4.05. The molecule has 20 heavy (non-hydrogen) atoms. The standard InChI is InChI=1S/C12H14N2O5S/c1-19-12(16)9-3-2-4-10(7-9)20(17,18)14-6-5-13-11(15)8-14/h2-4,7H,5-6,8H2,1H3,(H,13,15). The molecule has 108 valence electrons. The van der Waals surface area contributed by atoms with Crippen LogP contribution in [0.5, 0.6) is 0 Å². The van der Waals surface area contributed by atoms with E-state index in [1.807, 2.05) is 0 Å². The largest absolute Gasteiger partial charge is 0.465 e. The molecule has 1 aromatic rings. The van der Waals surface area contributed by atoms with E-state index in [2.05, 4.69) is 10.1 Å². The molecule has 0 spiro atoms. The van der Waals surface area contributed by atoms with Gasteiger partial charge in [-0.3, -0.25) is 4.79 Å². The highest BCUT2D eigenvalue weighted by atomic mass is 32.2. The number of carbonyl (C=O) groups excluding carboxylic acids is 2. The van der Waals surface area contributed by atoms with Gasteiger partial charge in [-0.15, -0.1) is 0 Å². The Morgan fingerprint density at radius 1 is 1.40 bits per heavy atom.